The molecule has 94 valence electrons. The Labute approximate surface area is 109 Å². The smallest absolute Gasteiger partial charge is 0.339 e. The van der Waals surface area contributed by atoms with E-state index in [-0.39, 0.29) is 5.56 Å². The Hall–Kier alpha value is -1.49. The third-order valence-electron chi connectivity index (χ3n) is 3.28. The van der Waals surface area contributed by atoms with Gasteiger partial charge in [-0.05, 0) is 42.4 Å². The maximum atomic E-state index is 11.1. The molecule has 18 heavy (non-hydrogen) atoms. The van der Waals surface area contributed by atoms with Crippen LogP contribution >= 0.6 is 11.8 Å². The van der Waals surface area contributed by atoms with Gasteiger partial charge in [0.2, 0.25) is 0 Å². The van der Waals surface area contributed by atoms with E-state index in [9.17, 15) is 4.79 Å². The molecule has 0 bridgehead atoms. The molecule has 0 aromatic carbocycles. The van der Waals surface area contributed by atoms with Crippen molar-refractivity contribution in [1.29, 1.82) is 0 Å². The van der Waals surface area contributed by atoms with Gasteiger partial charge in [0, 0.05) is 12.4 Å². The molecule has 0 spiro atoms. The molecule has 2 aromatic heterocycles. The number of hydrogen-bond acceptors (Lipinski definition) is 3. The molecule has 1 saturated heterocycles. The highest BCUT2D eigenvalue weighted by atomic mass is 32.2. The summed E-state index contributed by atoms with van der Waals surface area (Å²) < 4.78 is 1.81. The fraction of sp³-hybridized carbons (Fsp3) is 0.385. The maximum Gasteiger partial charge on any atom is 0.339 e. The Morgan fingerprint density at radius 3 is 3.22 bits per heavy atom. The lowest BCUT2D eigenvalue weighted by molar-refractivity contribution is 0.0698. The molecule has 1 fully saturated rings. The van der Waals surface area contributed by atoms with Crippen LogP contribution in [0.15, 0.2) is 24.5 Å². The van der Waals surface area contributed by atoms with Gasteiger partial charge in [-0.2, -0.15) is 11.8 Å². The molecule has 2 aromatic rings. The van der Waals surface area contributed by atoms with Crippen LogP contribution in [0.25, 0.3) is 5.65 Å². The number of carbonyl (C=O) groups is 1. The molecular formula is C13H14N2O2S. The zero-order valence-corrected chi connectivity index (χ0v) is 10.7. The number of carboxylic acid groups (broad SMARTS) is 1. The van der Waals surface area contributed by atoms with Gasteiger partial charge in [-0.1, -0.05) is 0 Å². The van der Waals surface area contributed by atoms with Gasteiger partial charge >= 0.3 is 5.97 Å². The van der Waals surface area contributed by atoms with Crippen molar-refractivity contribution in [1.82, 2.24) is 9.38 Å². The van der Waals surface area contributed by atoms with Gasteiger partial charge < -0.3 is 9.51 Å². The summed E-state index contributed by atoms with van der Waals surface area (Å²) >= 11 is 1.99. The van der Waals surface area contributed by atoms with Gasteiger partial charge in [-0.25, -0.2) is 9.78 Å². The number of nitrogens with zero attached hydrogens (tertiary/aromatic N) is 2. The first-order valence-corrected chi connectivity index (χ1v) is 7.17. The number of fused-ring (bicyclic) bond motifs is 1. The monoisotopic (exact) mass is 262 g/mol. The SMILES string of the molecule is O=C(O)c1cccn2cc(CC3CCSC3)nc12. The molecule has 3 heterocycles. The van der Waals surface area contributed by atoms with Gasteiger partial charge in [-0.3, -0.25) is 0 Å². The van der Waals surface area contributed by atoms with Gasteiger partial charge in [0.25, 0.3) is 0 Å². The summed E-state index contributed by atoms with van der Waals surface area (Å²) in [6.45, 7) is 0. The Kier molecular flexibility index (Phi) is 2.99. The maximum absolute atomic E-state index is 11.1. The van der Waals surface area contributed by atoms with Gasteiger partial charge in [0.15, 0.2) is 5.65 Å². The lowest BCUT2D eigenvalue weighted by Gasteiger charge is -2.03. The summed E-state index contributed by atoms with van der Waals surface area (Å²) in [7, 11) is 0. The standard InChI is InChI=1S/C13H14N2O2S/c16-13(17)11-2-1-4-15-7-10(14-12(11)15)6-9-3-5-18-8-9/h1-2,4,7,9H,3,5-6,8H2,(H,16,17). The molecule has 0 radical (unpaired) electrons. The van der Waals surface area contributed by atoms with Crippen molar-refractivity contribution in [3.63, 3.8) is 0 Å². The number of aromatic nitrogens is 2. The summed E-state index contributed by atoms with van der Waals surface area (Å²) in [5, 5.41) is 9.12. The number of hydrogen-bond donors (Lipinski definition) is 1. The van der Waals surface area contributed by atoms with Crippen LogP contribution in [0.1, 0.15) is 22.5 Å². The molecule has 1 N–H and O–H groups in total. The van der Waals surface area contributed by atoms with E-state index in [2.05, 4.69) is 4.98 Å². The molecule has 1 atom stereocenters. The van der Waals surface area contributed by atoms with E-state index in [1.54, 1.807) is 16.5 Å². The Morgan fingerprint density at radius 2 is 2.50 bits per heavy atom. The van der Waals surface area contributed by atoms with E-state index in [1.807, 2.05) is 24.2 Å². The van der Waals surface area contributed by atoms with E-state index < -0.39 is 5.97 Å². The first-order chi connectivity index (χ1) is 8.74. The average Bonchev–Trinajstić information content (AvgIpc) is 2.96. The quantitative estimate of drug-likeness (QED) is 0.922. The normalized spacial score (nSPS) is 19.4. The number of imidazole rings is 1. The molecular weight excluding hydrogens is 248 g/mol. The minimum absolute atomic E-state index is 0.268. The second kappa shape index (κ2) is 4.65. The minimum atomic E-state index is -0.922. The van der Waals surface area contributed by atoms with Gasteiger partial charge in [0.05, 0.1) is 5.69 Å². The second-order valence-electron chi connectivity index (χ2n) is 4.62. The van der Waals surface area contributed by atoms with Crippen LogP contribution in [0, 0.1) is 5.92 Å². The van der Waals surface area contributed by atoms with Crippen molar-refractivity contribution >= 4 is 23.4 Å². The lowest BCUT2D eigenvalue weighted by atomic mass is 10.0. The van der Waals surface area contributed by atoms with Crippen molar-refractivity contribution in [3.05, 3.63) is 35.8 Å². The molecule has 1 aliphatic heterocycles. The zero-order valence-electron chi connectivity index (χ0n) is 9.87. The van der Waals surface area contributed by atoms with Crippen LogP contribution in [0.4, 0.5) is 0 Å². The third kappa shape index (κ3) is 2.10. The molecule has 0 aliphatic carbocycles. The number of aromatic carboxylic acids is 1. The first kappa shape index (κ1) is 11.6. The van der Waals surface area contributed by atoms with Crippen molar-refractivity contribution in [2.45, 2.75) is 12.8 Å². The van der Waals surface area contributed by atoms with Crippen molar-refractivity contribution in [2.75, 3.05) is 11.5 Å². The van der Waals surface area contributed by atoms with Crippen LogP contribution in [0.2, 0.25) is 0 Å². The topological polar surface area (TPSA) is 54.6 Å². The van der Waals surface area contributed by atoms with Crippen LogP contribution in [0.5, 0.6) is 0 Å². The summed E-state index contributed by atoms with van der Waals surface area (Å²) in [4.78, 5) is 15.6. The van der Waals surface area contributed by atoms with Crippen LogP contribution in [-0.4, -0.2) is 32.0 Å². The highest BCUT2D eigenvalue weighted by molar-refractivity contribution is 7.99. The van der Waals surface area contributed by atoms with Gasteiger partial charge in [-0.15, -0.1) is 0 Å². The van der Waals surface area contributed by atoms with E-state index in [0.29, 0.717) is 11.6 Å². The van der Waals surface area contributed by atoms with E-state index in [0.717, 1.165) is 12.1 Å². The molecule has 5 heteroatoms. The van der Waals surface area contributed by atoms with Crippen LogP contribution < -0.4 is 0 Å². The van der Waals surface area contributed by atoms with E-state index in [4.69, 9.17) is 5.11 Å². The van der Waals surface area contributed by atoms with E-state index >= 15 is 0 Å². The fourth-order valence-corrected chi connectivity index (χ4v) is 3.65. The van der Waals surface area contributed by atoms with Crippen LogP contribution in [0.3, 0.4) is 0 Å². The number of thioether (sulfide) groups is 1. The Bertz CT molecular complexity index is 588. The fourth-order valence-electron chi connectivity index (χ4n) is 2.37. The molecule has 4 nitrogen and oxygen atoms in total. The Balaban J connectivity index is 1.94. The van der Waals surface area contributed by atoms with Crippen molar-refractivity contribution < 1.29 is 9.90 Å². The Morgan fingerprint density at radius 1 is 1.61 bits per heavy atom. The van der Waals surface area contributed by atoms with Gasteiger partial charge in [0.1, 0.15) is 5.56 Å². The summed E-state index contributed by atoms with van der Waals surface area (Å²) in [5.41, 5.74) is 1.81. The highest BCUT2D eigenvalue weighted by Crippen LogP contribution is 2.26. The van der Waals surface area contributed by atoms with Crippen molar-refractivity contribution in [2.24, 2.45) is 5.92 Å². The second-order valence-corrected chi connectivity index (χ2v) is 5.77. The summed E-state index contributed by atoms with van der Waals surface area (Å²) in [6, 6.07) is 3.34. The number of carboxylic acids is 1. The summed E-state index contributed by atoms with van der Waals surface area (Å²) in [6.07, 6.45) is 5.99. The zero-order chi connectivity index (χ0) is 12.5. The lowest BCUT2D eigenvalue weighted by Crippen LogP contribution is -2.02. The van der Waals surface area contributed by atoms with Crippen LogP contribution in [-0.2, 0) is 6.42 Å². The van der Waals surface area contributed by atoms with E-state index in [1.165, 1.54) is 17.9 Å². The number of rotatable bonds is 3. The highest BCUT2D eigenvalue weighted by Gasteiger charge is 2.18. The molecule has 1 unspecified atom stereocenters. The third-order valence-corrected chi connectivity index (χ3v) is 4.52. The summed E-state index contributed by atoms with van der Waals surface area (Å²) in [5.74, 6) is 2.19. The predicted octanol–water partition coefficient (Wildman–Crippen LogP) is 2.33. The largest absolute Gasteiger partial charge is 0.478 e. The molecule has 0 saturated carbocycles. The average molecular weight is 262 g/mol. The predicted molar refractivity (Wildman–Crippen MR) is 71.3 cm³/mol. The molecule has 0 amide bonds. The number of pyridine rings is 1. The molecule has 3 rings (SSSR count). The molecule has 1 aliphatic rings. The van der Waals surface area contributed by atoms with Crippen molar-refractivity contribution in [3.8, 4) is 0 Å². The minimum Gasteiger partial charge on any atom is -0.478 e. The first-order valence-electron chi connectivity index (χ1n) is 6.01.